The number of nitrogens with one attached hydrogen (secondary N) is 1. The summed E-state index contributed by atoms with van der Waals surface area (Å²) in [6, 6.07) is 8.60. The summed E-state index contributed by atoms with van der Waals surface area (Å²) >= 11 is 0. The Bertz CT molecular complexity index is 1360. The molecule has 2 N–H and O–H groups in total. The van der Waals surface area contributed by atoms with Crippen LogP contribution >= 0.6 is 0 Å². The second-order valence-corrected chi connectivity index (χ2v) is 9.93. The fraction of sp³-hybridized carbons (Fsp3) is 0.481. The van der Waals surface area contributed by atoms with E-state index in [-0.39, 0.29) is 24.1 Å². The Kier molecular flexibility index (Phi) is 7.27. The van der Waals surface area contributed by atoms with Crippen LogP contribution in [0.5, 0.6) is 0 Å². The van der Waals surface area contributed by atoms with Gasteiger partial charge in [-0.15, -0.1) is 0 Å². The Morgan fingerprint density at radius 2 is 1.97 bits per heavy atom. The summed E-state index contributed by atoms with van der Waals surface area (Å²) in [5.41, 5.74) is 2.97. The Morgan fingerprint density at radius 3 is 2.73 bits per heavy atom. The van der Waals surface area contributed by atoms with Crippen LogP contribution < -0.4 is 15.8 Å². The summed E-state index contributed by atoms with van der Waals surface area (Å²) in [5.74, 6) is 1.01. The second kappa shape index (κ2) is 10.8. The van der Waals surface area contributed by atoms with Crippen molar-refractivity contribution in [3.8, 4) is 0 Å². The minimum Gasteiger partial charge on any atom is -0.465 e. The smallest absolute Gasteiger partial charge is 0.412 e. The first-order chi connectivity index (χ1) is 17.9. The van der Waals surface area contributed by atoms with Gasteiger partial charge < -0.3 is 24.3 Å². The van der Waals surface area contributed by atoms with Crippen LogP contribution in [0.3, 0.4) is 0 Å². The van der Waals surface area contributed by atoms with E-state index in [0.29, 0.717) is 49.8 Å². The number of aromatic nitrogens is 3. The maximum atomic E-state index is 13.0. The predicted molar refractivity (Wildman–Crippen MR) is 139 cm³/mol. The number of anilines is 1. The van der Waals surface area contributed by atoms with Gasteiger partial charge in [0.25, 0.3) is 5.56 Å². The molecule has 2 amide bonds. The number of ether oxygens (including phenoxy) is 1. The van der Waals surface area contributed by atoms with Crippen molar-refractivity contribution < 1.29 is 19.4 Å². The Balaban J connectivity index is 1.46. The number of fused-ring (bicyclic) bond motifs is 3. The van der Waals surface area contributed by atoms with Gasteiger partial charge in [-0.3, -0.25) is 14.5 Å². The van der Waals surface area contributed by atoms with Crippen molar-refractivity contribution in [1.29, 1.82) is 0 Å². The quantitative estimate of drug-likeness (QED) is 0.508. The number of hydrogen-bond acceptors (Lipinski definition) is 5. The zero-order chi connectivity index (χ0) is 25.9. The van der Waals surface area contributed by atoms with E-state index in [4.69, 9.17) is 9.72 Å². The molecule has 2 aromatic heterocycles. The van der Waals surface area contributed by atoms with Gasteiger partial charge in [0.05, 0.1) is 16.7 Å². The lowest BCUT2D eigenvalue weighted by molar-refractivity contribution is -0.122. The molecule has 0 unspecified atom stereocenters. The van der Waals surface area contributed by atoms with Crippen LogP contribution in [0.1, 0.15) is 37.6 Å². The molecule has 1 aromatic carbocycles. The third kappa shape index (κ3) is 5.24. The average molecular weight is 508 g/mol. The van der Waals surface area contributed by atoms with Crippen molar-refractivity contribution in [2.24, 2.45) is 5.92 Å². The fourth-order valence-corrected chi connectivity index (χ4v) is 5.41. The third-order valence-corrected chi connectivity index (χ3v) is 7.50. The van der Waals surface area contributed by atoms with Crippen LogP contribution in [0.15, 0.2) is 41.3 Å². The topological polar surface area (TPSA) is 119 Å². The molecule has 1 saturated heterocycles. The molecule has 196 valence electrons. The van der Waals surface area contributed by atoms with Crippen LogP contribution in [0.25, 0.3) is 11.0 Å². The first-order valence-corrected chi connectivity index (χ1v) is 13.0. The van der Waals surface area contributed by atoms with Crippen LogP contribution in [0.2, 0.25) is 0 Å². The molecule has 2 aliphatic heterocycles. The van der Waals surface area contributed by atoms with Crippen molar-refractivity contribution in [3.63, 3.8) is 0 Å². The normalized spacial score (nSPS) is 18.1. The first kappa shape index (κ1) is 25.0. The largest absolute Gasteiger partial charge is 0.465 e. The second-order valence-electron chi connectivity index (χ2n) is 9.93. The molecule has 10 nitrogen and oxygen atoms in total. The molecule has 2 aliphatic rings. The minimum absolute atomic E-state index is 0.0946. The van der Waals surface area contributed by atoms with E-state index in [1.165, 1.54) is 11.0 Å². The van der Waals surface area contributed by atoms with Gasteiger partial charge in [0.15, 0.2) is 0 Å². The molecule has 0 bridgehead atoms. The van der Waals surface area contributed by atoms with Gasteiger partial charge >= 0.3 is 6.09 Å². The summed E-state index contributed by atoms with van der Waals surface area (Å²) in [6.07, 6.45) is 4.51. The van der Waals surface area contributed by atoms with Crippen LogP contribution in [-0.2, 0) is 35.5 Å². The SMILES string of the molecule is C[C@H]1CCc2c(ccc3c2nc(CCn2ccccc2=O)n3CC(=O)NCC2CCOCC2)N1C(=O)O. The van der Waals surface area contributed by atoms with Gasteiger partial charge in [0, 0.05) is 56.6 Å². The number of aryl methyl sites for hydroxylation is 3. The lowest BCUT2D eigenvalue weighted by atomic mass is 9.96. The summed E-state index contributed by atoms with van der Waals surface area (Å²) in [4.78, 5) is 43.6. The summed E-state index contributed by atoms with van der Waals surface area (Å²) in [5, 5.41) is 12.9. The molecule has 1 atom stereocenters. The molecular formula is C27H33N5O5. The van der Waals surface area contributed by atoms with Crippen LogP contribution in [0.4, 0.5) is 10.5 Å². The Labute approximate surface area is 214 Å². The highest BCUT2D eigenvalue weighted by atomic mass is 16.5. The van der Waals surface area contributed by atoms with E-state index in [2.05, 4.69) is 5.32 Å². The van der Waals surface area contributed by atoms with E-state index in [0.717, 1.165) is 42.7 Å². The molecule has 10 heteroatoms. The van der Waals surface area contributed by atoms with Crippen molar-refractivity contribution >= 4 is 28.7 Å². The highest BCUT2D eigenvalue weighted by Crippen LogP contribution is 2.36. The van der Waals surface area contributed by atoms with Crippen molar-refractivity contribution in [3.05, 3.63) is 58.3 Å². The Hall–Kier alpha value is -3.66. The van der Waals surface area contributed by atoms with Crippen molar-refractivity contribution in [2.75, 3.05) is 24.7 Å². The van der Waals surface area contributed by atoms with Crippen LogP contribution in [-0.4, -0.2) is 57.0 Å². The van der Waals surface area contributed by atoms with E-state index < -0.39 is 6.09 Å². The monoisotopic (exact) mass is 507 g/mol. The molecule has 0 saturated carbocycles. The number of hydrogen-bond donors (Lipinski definition) is 2. The van der Waals surface area contributed by atoms with E-state index in [1.54, 1.807) is 16.8 Å². The summed E-state index contributed by atoms with van der Waals surface area (Å²) < 4.78 is 8.94. The highest BCUT2D eigenvalue weighted by molar-refractivity contribution is 5.95. The molecule has 37 heavy (non-hydrogen) atoms. The zero-order valence-corrected chi connectivity index (χ0v) is 21.1. The molecule has 5 rings (SSSR count). The fourth-order valence-electron chi connectivity index (χ4n) is 5.41. The number of carboxylic acid groups (broad SMARTS) is 1. The van der Waals surface area contributed by atoms with Gasteiger partial charge in [-0.2, -0.15) is 0 Å². The molecule has 0 radical (unpaired) electrons. The number of rotatable bonds is 7. The highest BCUT2D eigenvalue weighted by Gasteiger charge is 2.31. The van der Waals surface area contributed by atoms with Gasteiger partial charge in [-0.1, -0.05) is 6.07 Å². The van der Waals surface area contributed by atoms with E-state index in [1.807, 2.05) is 29.7 Å². The molecule has 4 heterocycles. The number of pyridine rings is 1. The first-order valence-electron chi connectivity index (χ1n) is 13.0. The number of amides is 2. The van der Waals surface area contributed by atoms with E-state index in [9.17, 15) is 19.5 Å². The Morgan fingerprint density at radius 1 is 1.16 bits per heavy atom. The zero-order valence-electron chi connectivity index (χ0n) is 21.1. The lowest BCUT2D eigenvalue weighted by Gasteiger charge is -2.33. The maximum absolute atomic E-state index is 13.0. The number of carbonyl (C=O) groups excluding carboxylic acids is 1. The average Bonchev–Trinajstić information content (AvgIpc) is 3.24. The third-order valence-electron chi connectivity index (χ3n) is 7.50. The molecule has 0 spiro atoms. The summed E-state index contributed by atoms with van der Waals surface area (Å²) in [7, 11) is 0. The molecule has 1 fully saturated rings. The number of benzene rings is 1. The minimum atomic E-state index is -0.983. The van der Waals surface area contributed by atoms with Gasteiger partial charge in [-0.25, -0.2) is 9.78 Å². The van der Waals surface area contributed by atoms with Gasteiger partial charge in [-0.05, 0) is 56.7 Å². The lowest BCUT2D eigenvalue weighted by Crippen LogP contribution is -2.41. The summed E-state index contributed by atoms with van der Waals surface area (Å²) in [6.45, 7) is 4.51. The van der Waals surface area contributed by atoms with Gasteiger partial charge in [0.2, 0.25) is 5.91 Å². The molecule has 3 aromatic rings. The number of imidazole rings is 1. The van der Waals surface area contributed by atoms with Gasteiger partial charge in [0.1, 0.15) is 12.4 Å². The van der Waals surface area contributed by atoms with Crippen molar-refractivity contribution in [1.82, 2.24) is 19.4 Å². The predicted octanol–water partition coefficient (Wildman–Crippen LogP) is 2.80. The number of carbonyl (C=O) groups is 2. The van der Waals surface area contributed by atoms with Crippen LogP contribution in [0, 0.1) is 5.92 Å². The maximum Gasteiger partial charge on any atom is 0.412 e. The van der Waals surface area contributed by atoms with E-state index >= 15 is 0 Å². The number of nitrogens with zero attached hydrogens (tertiary/aromatic N) is 4. The molecule has 0 aliphatic carbocycles. The molecular weight excluding hydrogens is 474 g/mol. The standard InChI is InChI=1S/C27H33N5O5/c1-18-5-6-20-21(32(18)27(35)36)7-8-22-26(20)29-23(9-13-30-12-3-2-4-25(30)34)31(22)17-24(33)28-16-19-10-14-37-15-11-19/h2-4,7-8,12,18-19H,5-6,9-11,13-17H2,1H3,(H,28,33)(H,35,36)/t18-/m0/s1. The van der Waals surface area contributed by atoms with Crippen molar-refractivity contribution in [2.45, 2.75) is 58.2 Å².